The van der Waals surface area contributed by atoms with E-state index in [1.165, 1.54) is 0 Å². The number of rotatable bonds is 4. The minimum atomic E-state index is -0.487. The first-order valence-corrected chi connectivity index (χ1v) is 11.9. The van der Waals surface area contributed by atoms with Crippen LogP contribution < -0.4 is 4.90 Å². The largest absolute Gasteiger partial charge is 0.444 e. The molecule has 2 fully saturated rings. The molecule has 1 saturated heterocycles. The first-order valence-electron chi connectivity index (χ1n) is 11.9. The topological polar surface area (TPSA) is 96.6 Å². The fraction of sp³-hybridized carbons (Fsp3) is 0.520. The van der Waals surface area contributed by atoms with Gasteiger partial charge in [0.15, 0.2) is 0 Å². The van der Waals surface area contributed by atoms with Crippen molar-refractivity contribution in [1.29, 1.82) is 0 Å². The number of ether oxygens (including phenoxy) is 1. The van der Waals surface area contributed by atoms with Crippen molar-refractivity contribution in [1.82, 2.24) is 24.6 Å². The van der Waals surface area contributed by atoms with Crippen molar-refractivity contribution in [3.05, 3.63) is 36.8 Å². The molecule has 180 valence electrons. The second-order valence-electron chi connectivity index (χ2n) is 10.3. The number of carbonyl (C=O) groups is 1. The van der Waals surface area contributed by atoms with Gasteiger partial charge in [0.05, 0.1) is 35.2 Å². The van der Waals surface area contributed by atoms with E-state index in [1.54, 1.807) is 11.1 Å². The second-order valence-corrected chi connectivity index (χ2v) is 10.3. The summed E-state index contributed by atoms with van der Waals surface area (Å²) in [6.07, 6.45) is 7.32. The maximum absolute atomic E-state index is 12.4. The SMILES string of the molecule is CC(C)(C)OC(=O)N1CCN(c2ccc3ncc(-c4cnn(C5CC(CO)C5)c4)nc3c2)CC1. The molecule has 2 aromatic heterocycles. The van der Waals surface area contributed by atoms with Crippen molar-refractivity contribution in [2.45, 2.75) is 45.3 Å². The van der Waals surface area contributed by atoms with Crippen LogP contribution in [0.4, 0.5) is 10.5 Å². The van der Waals surface area contributed by atoms with Crippen molar-refractivity contribution in [3.63, 3.8) is 0 Å². The van der Waals surface area contributed by atoms with Gasteiger partial charge in [0.1, 0.15) is 5.60 Å². The van der Waals surface area contributed by atoms with E-state index in [1.807, 2.05) is 43.9 Å². The first-order chi connectivity index (χ1) is 16.3. The van der Waals surface area contributed by atoms with E-state index in [4.69, 9.17) is 9.72 Å². The van der Waals surface area contributed by atoms with Crippen molar-refractivity contribution in [2.75, 3.05) is 37.7 Å². The standard InChI is InChI=1S/C25H32N6O3/c1-25(2,3)34-24(33)30-8-6-29(7-9-30)19-4-5-21-22(12-19)28-23(14-26-21)18-13-27-31(15-18)20-10-17(11-20)16-32/h4-5,12-15,17,20,32H,6-11,16H2,1-3H3. The van der Waals surface area contributed by atoms with Crippen molar-refractivity contribution >= 4 is 22.8 Å². The van der Waals surface area contributed by atoms with Crippen LogP contribution in [0.25, 0.3) is 22.3 Å². The molecule has 3 heterocycles. The average Bonchev–Trinajstić information content (AvgIpc) is 3.26. The summed E-state index contributed by atoms with van der Waals surface area (Å²) >= 11 is 0. The molecule has 2 aliphatic rings. The van der Waals surface area contributed by atoms with E-state index >= 15 is 0 Å². The van der Waals surface area contributed by atoms with E-state index in [9.17, 15) is 9.90 Å². The molecule has 1 N–H and O–H groups in total. The van der Waals surface area contributed by atoms with Gasteiger partial charge in [0, 0.05) is 50.2 Å². The van der Waals surface area contributed by atoms with Crippen LogP contribution in [-0.4, -0.2) is 74.2 Å². The lowest BCUT2D eigenvalue weighted by atomic mass is 9.81. The molecule has 3 aromatic rings. The van der Waals surface area contributed by atoms with E-state index in [0.717, 1.165) is 53.9 Å². The van der Waals surface area contributed by atoms with Gasteiger partial charge in [-0.2, -0.15) is 5.10 Å². The van der Waals surface area contributed by atoms with Gasteiger partial charge in [0.2, 0.25) is 0 Å². The van der Waals surface area contributed by atoms with Gasteiger partial charge in [-0.25, -0.2) is 9.78 Å². The number of hydrogen-bond acceptors (Lipinski definition) is 7. The third kappa shape index (κ3) is 4.70. The molecule has 1 aromatic carbocycles. The highest BCUT2D eigenvalue weighted by atomic mass is 16.6. The molecule has 0 bridgehead atoms. The molecular formula is C25H32N6O3. The minimum Gasteiger partial charge on any atom is -0.444 e. The molecule has 9 heteroatoms. The molecule has 1 aliphatic heterocycles. The molecule has 0 radical (unpaired) electrons. The summed E-state index contributed by atoms with van der Waals surface area (Å²) in [5.74, 6) is 0.391. The van der Waals surface area contributed by atoms with Crippen LogP contribution in [0.15, 0.2) is 36.8 Å². The van der Waals surface area contributed by atoms with Crippen molar-refractivity contribution in [2.24, 2.45) is 5.92 Å². The van der Waals surface area contributed by atoms with Crippen LogP contribution in [0.5, 0.6) is 0 Å². The van der Waals surface area contributed by atoms with Crippen LogP contribution in [0.1, 0.15) is 39.7 Å². The zero-order valence-electron chi connectivity index (χ0n) is 20.0. The quantitative estimate of drug-likeness (QED) is 0.631. The van der Waals surface area contributed by atoms with Crippen LogP contribution in [0, 0.1) is 5.92 Å². The molecule has 0 spiro atoms. The Kier molecular flexibility index (Phi) is 5.89. The number of amides is 1. The highest BCUT2D eigenvalue weighted by Gasteiger charge is 2.30. The highest BCUT2D eigenvalue weighted by molar-refractivity contribution is 5.81. The maximum Gasteiger partial charge on any atom is 0.410 e. The van der Waals surface area contributed by atoms with E-state index in [2.05, 4.69) is 27.1 Å². The molecule has 1 saturated carbocycles. The lowest BCUT2D eigenvalue weighted by Gasteiger charge is -2.36. The third-order valence-electron chi connectivity index (χ3n) is 6.56. The van der Waals surface area contributed by atoms with Crippen LogP contribution in [-0.2, 0) is 4.74 Å². The maximum atomic E-state index is 12.4. The number of hydrogen-bond donors (Lipinski definition) is 1. The molecule has 0 atom stereocenters. The van der Waals surface area contributed by atoms with Gasteiger partial charge in [-0.3, -0.25) is 9.67 Å². The van der Waals surface area contributed by atoms with Gasteiger partial charge < -0.3 is 19.6 Å². The molecule has 5 rings (SSSR count). The van der Waals surface area contributed by atoms with Crippen LogP contribution >= 0.6 is 0 Å². The summed E-state index contributed by atoms with van der Waals surface area (Å²) in [7, 11) is 0. The van der Waals surface area contributed by atoms with E-state index in [-0.39, 0.29) is 12.7 Å². The van der Waals surface area contributed by atoms with Crippen molar-refractivity contribution < 1.29 is 14.6 Å². The number of aliphatic hydroxyl groups excluding tert-OH is 1. The Morgan fingerprint density at radius 2 is 1.88 bits per heavy atom. The number of aliphatic hydroxyl groups is 1. The smallest absolute Gasteiger partial charge is 0.410 e. The Morgan fingerprint density at radius 1 is 1.12 bits per heavy atom. The molecular weight excluding hydrogens is 432 g/mol. The predicted octanol–water partition coefficient (Wildman–Crippen LogP) is 3.49. The summed E-state index contributed by atoms with van der Waals surface area (Å²) in [6, 6.07) is 6.47. The Labute approximate surface area is 199 Å². The summed E-state index contributed by atoms with van der Waals surface area (Å²) in [5, 5.41) is 13.8. The van der Waals surface area contributed by atoms with Crippen molar-refractivity contribution in [3.8, 4) is 11.3 Å². The van der Waals surface area contributed by atoms with Gasteiger partial charge in [-0.1, -0.05) is 0 Å². The highest BCUT2D eigenvalue weighted by Crippen LogP contribution is 2.37. The minimum absolute atomic E-state index is 0.249. The Balaban J connectivity index is 1.28. The summed E-state index contributed by atoms with van der Waals surface area (Å²) < 4.78 is 7.48. The van der Waals surface area contributed by atoms with Crippen LogP contribution in [0.3, 0.4) is 0 Å². The van der Waals surface area contributed by atoms with Gasteiger partial charge in [-0.05, 0) is 57.7 Å². The number of benzene rings is 1. The summed E-state index contributed by atoms with van der Waals surface area (Å²) in [5.41, 5.74) is 4.00. The molecule has 0 unspecified atom stereocenters. The molecule has 1 amide bonds. The number of piperazine rings is 1. The fourth-order valence-electron chi connectivity index (χ4n) is 4.54. The van der Waals surface area contributed by atoms with Gasteiger partial charge >= 0.3 is 6.09 Å². The average molecular weight is 465 g/mol. The van der Waals surface area contributed by atoms with Gasteiger partial charge in [0.25, 0.3) is 0 Å². The number of carbonyl (C=O) groups excluding carboxylic acids is 1. The zero-order chi connectivity index (χ0) is 23.9. The summed E-state index contributed by atoms with van der Waals surface area (Å²) in [4.78, 5) is 25.9. The Hall–Kier alpha value is -3.20. The van der Waals surface area contributed by atoms with E-state index < -0.39 is 5.60 Å². The number of anilines is 1. The lowest BCUT2D eigenvalue weighted by molar-refractivity contribution is 0.0240. The zero-order valence-corrected chi connectivity index (χ0v) is 20.0. The monoisotopic (exact) mass is 464 g/mol. The molecule has 34 heavy (non-hydrogen) atoms. The van der Waals surface area contributed by atoms with Crippen LogP contribution in [0.2, 0.25) is 0 Å². The van der Waals surface area contributed by atoms with E-state index in [0.29, 0.717) is 25.0 Å². The number of aromatic nitrogens is 4. The second kappa shape index (κ2) is 8.87. The first kappa shape index (κ1) is 22.6. The molecule has 9 nitrogen and oxygen atoms in total. The number of nitrogens with zero attached hydrogens (tertiary/aromatic N) is 6. The Bertz CT molecular complexity index is 1170. The van der Waals surface area contributed by atoms with Gasteiger partial charge in [-0.15, -0.1) is 0 Å². The summed E-state index contributed by atoms with van der Waals surface area (Å²) in [6.45, 7) is 8.62. The lowest BCUT2D eigenvalue weighted by Crippen LogP contribution is -2.50. The number of fused-ring (bicyclic) bond motifs is 1. The molecule has 1 aliphatic carbocycles. The Morgan fingerprint density at radius 3 is 2.59 bits per heavy atom. The predicted molar refractivity (Wildman–Crippen MR) is 130 cm³/mol. The normalized spacial score (nSPS) is 20.9. The third-order valence-corrected chi connectivity index (χ3v) is 6.56. The fourth-order valence-corrected chi connectivity index (χ4v) is 4.54.